The molecular formula is C23H29NO6. The summed E-state index contributed by atoms with van der Waals surface area (Å²) in [6, 6.07) is 0. The Morgan fingerprint density at radius 2 is 2.03 bits per heavy atom. The number of fused-ring (bicyclic) bond motifs is 7. The van der Waals surface area contributed by atoms with Gasteiger partial charge in [-0.3, -0.25) is 9.59 Å². The molecule has 5 aliphatic rings. The molecule has 30 heavy (non-hydrogen) atoms. The van der Waals surface area contributed by atoms with Gasteiger partial charge in [-0.15, -0.1) is 0 Å². The summed E-state index contributed by atoms with van der Waals surface area (Å²) >= 11 is 0. The lowest BCUT2D eigenvalue weighted by Gasteiger charge is -2.60. The maximum Gasteiger partial charge on any atom is 0.190 e. The van der Waals surface area contributed by atoms with Crippen molar-refractivity contribution in [3.05, 3.63) is 23.8 Å². The van der Waals surface area contributed by atoms with E-state index >= 15 is 0 Å². The van der Waals surface area contributed by atoms with Gasteiger partial charge in [-0.1, -0.05) is 19.9 Å². The maximum atomic E-state index is 13.1. The highest BCUT2D eigenvalue weighted by Gasteiger charge is 2.74. The fourth-order valence-electron chi connectivity index (χ4n) is 7.86. The lowest BCUT2D eigenvalue weighted by atomic mass is 9.45. The van der Waals surface area contributed by atoms with Crippen LogP contribution in [0.2, 0.25) is 0 Å². The standard InChI is InChI=1S/C23H29NO6/c1-11-24-23(18(29)10-25)19(30-11)8-14-13-7-16(27)15-6-12(26)4-5-21(15,2)20(13)17(28)9-22(14,23)3/h4-6,13-14,16-17,19-20,25,27-28H,7-10H2,1-3H3/t13-,14-,16-,17-,19?,20+,21-,22-,23?/m0/s1. The first-order chi connectivity index (χ1) is 14.1. The molecule has 0 bridgehead atoms. The van der Waals surface area contributed by atoms with Crippen molar-refractivity contribution in [1.82, 2.24) is 0 Å². The van der Waals surface area contributed by atoms with Crippen molar-refractivity contribution in [3.8, 4) is 0 Å². The molecule has 0 amide bonds. The first-order valence-electron chi connectivity index (χ1n) is 10.8. The van der Waals surface area contributed by atoms with Gasteiger partial charge < -0.3 is 20.1 Å². The topological polar surface area (TPSA) is 116 Å². The summed E-state index contributed by atoms with van der Waals surface area (Å²) in [5.74, 6) is -0.334. The number of hydrogen-bond acceptors (Lipinski definition) is 7. The number of carbonyl (C=O) groups excluding carboxylic acids is 2. The van der Waals surface area contributed by atoms with Crippen molar-refractivity contribution >= 4 is 17.5 Å². The van der Waals surface area contributed by atoms with Gasteiger partial charge in [0.1, 0.15) is 12.7 Å². The molecule has 3 N–H and O–H groups in total. The zero-order valence-corrected chi connectivity index (χ0v) is 17.5. The van der Waals surface area contributed by atoms with Crippen molar-refractivity contribution in [3.63, 3.8) is 0 Å². The molecule has 9 atom stereocenters. The second-order valence-corrected chi connectivity index (χ2v) is 10.2. The smallest absolute Gasteiger partial charge is 0.190 e. The minimum absolute atomic E-state index is 0.0118. The van der Waals surface area contributed by atoms with E-state index in [1.165, 1.54) is 12.2 Å². The number of aliphatic imine (C=N–C) groups is 1. The Hall–Kier alpha value is -1.83. The van der Waals surface area contributed by atoms with E-state index < -0.39 is 41.3 Å². The summed E-state index contributed by atoms with van der Waals surface area (Å²) in [6.45, 7) is 5.06. The molecular weight excluding hydrogens is 386 g/mol. The van der Waals surface area contributed by atoms with Crippen LogP contribution in [0, 0.1) is 28.6 Å². The van der Waals surface area contributed by atoms with Gasteiger partial charge in [0, 0.05) is 23.7 Å². The zero-order valence-electron chi connectivity index (χ0n) is 17.5. The van der Waals surface area contributed by atoms with Gasteiger partial charge >= 0.3 is 0 Å². The van der Waals surface area contributed by atoms with E-state index in [0.717, 1.165) is 0 Å². The summed E-state index contributed by atoms with van der Waals surface area (Å²) in [4.78, 5) is 29.7. The molecule has 0 radical (unpaired) electrons. The van der Waals surface area contributed by atoms with Crippen LogP contribution in [-0.2, 0) is 14.3 Å². The van der Waals surface area contributed by atoms with Crippen molar-refractivity contribution in [2.75, 3.05) is 6.61 Å². The van der Waals surface area contributed by atoms with Gasteiger partial charge in [-0.05, 0) is 48.8 Å². The summed E-state index contributed by atoms with van der Waals surface area (Å²) < 4.78 is 5.96. The third-order valence-electron chi connectivity index (χ3n) is 8.92. The molecule has 1 heterocycles. The number of allylic oxidation sites excluding steroid dienone is 3. The molecule has 0 spiro atoms. The van der Waals surface area contributed by atoms with Gasteiger partial charge in [-0.2, -0.15) is 0 Å². The lowest BCUT2D eigenvalue weighted by Crippen LogP contribution is -2.63. The molecule has 1 aliphatic heterocycles. The third kappa shape index (κ3) is 2.18. The van der Waals surface area contributed by atoms with E-state index in [1.54, 1.807) is 6.92 Å². The number of nitrogens with zero attached hydrogens (tertiary/aromatic N) is 1. The monoisotopic (exact) mass is 415 g/mol. The predicted molar refractivity (Wildman–Crippen MR) is 108 cm³/mol. The first-order valence-corrected chi connectivity index (χ1v) is 10.8. The molecule has 0 saturated heterocycles. The average molecular weight is 415 g/mol. The van der Waals surface area contributed by atoms with Gasteiger partial charge in [0.15, 0.2) is 23.0 Å². The van der Waals surface area contributed by atoms with E-state index in [0.29, 0.717) is 30.7 Å². The Balaban J connectivity index is 1.63. The molecule has 3 saturated carbocycles. The van der Waals surface area contributed by atoms with Gasteiger partial charge in [0.05, 0.1) is 12.2 Å². The van der Waals surface area contributed by atoms with Crippen LogP contribution in [0.4, 0.5) is 0 Å². The maximum absolute atomic E-state index is 13.1. The fourth-order valence-corrected chi connectivity index (χ4v) is 7.86. The third-order valence-corrected chi connectivity index (χ3v) is 8.92. The largest absolute Gasteiger partial charge is 0.475 e. The minimum atomic E-state index is -1.21. The van der Waals surface area contributed by atoms with Crippen LogP contribution in [0.25, 0.3) is 0 Å². The molecule has 4 aliphatic carbocycles. The van der Waals surface area contributed by atoms with Crippen LogP contribution < -0.4 is 0 Å². The van der Waals surface area contributed by atoms with Crippen LogP contribution in [-0.4, -0.2) is 63.2 Å². The van der Waals surface area contributed by atoms with E-state index in [1.807, 2.05) is 19.9 Å². The quantitative estimate of drug-likeness (QED) is 0.619. The van der Waals surface area contributed by atoms with E-state index in [4.69, 9.17) is 4.74 Å². The van der Waals surface area contributed by atoms with Gasteiger partial charge in [-0.25, -0.2) is 4.99 Å². The van der Waals surface area contributed by atoms with Crippen molar-refractivity contribution in [1.29, 1.82) is 0 Å². The van der Waals surface area contributed by atoms with Crippen LogP contribution >= 0.6 is 0 Å². The van der Waals surface area contributed by atoms with Crippen LogP contribution in [0.3, 0.4) is 0 Å². The highest BCUT2D eigenvalue weighted by atomic mass is 16.5. The number of hydrogen-bond donors (Lipinski definition) is 3. The van der Waals surface area contributed by atoms with E-state index in [9.17, 15) is 24.9 Å². The number of rotatable bonds is 2. The Morgan fingerprint density at radius 1 is 1.30 bits per heavy atom. The fraction of sp³-hybridized carbons (Fsp3) is 0.696. The molecule has 162 valence electrons. The molecule has 0 aromatic heterocycles. The van der Waals surface area contributed by atoms with Crippen LogP contribution in [0.5, 0.6) is 0 Å². The summed E-state index contributed by atoms with van der Waals surface area (Å²) in [6.07, 6.45) is 4.23. The highest BCUT2D eigenvalue weighted by molar-refractivity contribution is 6.01. The van der Waals surface area contributed by atoms with E-state index in [-0.39, 0.29) is 29.3 Å². The number of ether oxygens (including phenoxy) is 1. The number of aliphatic hydroxyl groups is 3. The van der Waals surface area contributed by atoms with Crippen molar-refractivity contribution in [2.24, 2.45) is 33.6 Å². The molecule has 0 aromatic carbocycles. The van der Waals surface area contributed by atoms with Crippen molar-refractivity contribution < 1.29 is 29.6 Å². The number of ketones is 2. The number of carbonyl (C=O) groups is 2. The Bertz CT molecular complexity index is 923. The summed E-state index contributed by atoms with van der Waals surface area (Å²) in [5, 5.41) is 32.2. The minimum Gasteiger partial charge on any atom is -0.475 e. The SMILES string of the molecule is CC1=NC2(C(=O)CO)C(C[C@H]3[C@@H]4C[C@H](O)C5=CC(=O)C=C[C@]5(C)[C@H]4[C@@H](O)C[C@@]32C)O1. The molecule has 2 unspecified atom stereocenters. The van der Waals surface area contributed by atoms with E-state index in [2.05, 4.69) is 4.99 Å². The molecule has 7 nitrogen and oxygen atoms in total. The van der Waals surface area contributed by atoms with Gasteiger partial charge in [0.2, 0.25) is 0 Å². The normalized spacial score (nSPS) is 51.2. The average Bonchev–Trinajstić information content (AvgIpc) is 3.13. The van der Waals surface area contributed by atoms with Crippen LogP contribution in [0.15, 0.2) is 28.8 Å². The highest BCUT2D eigenvalue weighted by Crippen LogP contribution is 2.69. The Kier molecular flexibility index (Phi) is 4.09. The van der Waals surface area contributed by atoms with Crippen LogP contribution in [0.1, 0.15) is 40.0 Å². The molecule has 7 heteroatoms. The van der Waals surface area contributed by atoms with Crippen molar-refractivity contribution in [2.45, 2.75) is 63.9 Å². The lowest BCUT2D eigenvalue weighted by molar-refractivity contribution is -0.150. The predicted octanol–water partition coefficient (Wildman–Crippen LogP) is 0.963. The zero-order chi connectivity index (χ0) is 21.6. The molecule has 5 rings (SSSR count). The second-order valence-electron chi connectivity index (χ2n) is 10.2. The summed E-state index contributed by atoms with van der Waals surface area (Å²) in [5.41, 5.74) is -1.85. The Labute approximate surface area is 175 Å². The number of aliphatic hydroxyl groups excluding tert-OH is 3. The second kappa shape index (κ2) is 6.11. The van der Waals surface area contributed by atoms with Gasteiger partial charge in [0.25, 0.3) is 0 Å². The number of Topliss-reactive ketones (excluding diaryl/α,β-unsaturated/α-hetero) is 1. The summed E-state index contributed by atoms with van der Waals surface area (Å²) in [7, 11) is 0. The Morgan fingerprint density at radius 3 is 2.73 bits per heavy atom. The molecule has 3 fully saturated rings. The first kappa shape index (κ1) is 20.1. The molecule has 0 aromatic rings.